The molecule has 0 fully saturated rings. The first kappa shape index (κ1) is 6.75. The van der Waals surface area contributed by atoms with Gasteiger partial charge in [-0.15, -0.1) is 0 Å². The van der Waals surface area contributed by atoms with Gasteiger partial charge >= 0.3 is 15.1 Å². The van der Waals surface area contributed by atoms with Crippen LogP contribution in [0.25, 0.3) is 0 Å². The Hall–Kier alpha value is -0.940. The lowest BCUT2D eigenvalue weighted by Crippen LogP contribution is -2.31. The Labute approximate surface area is 64.2 Å². The summed E-state index contributed by atoms with van der Waals surface area (Å²) in [5.74, 6) is 0. The van der Waals surface area contributed by atoms with Gasteiger partial charge in [0, 0.05) is 12.1 Å². The quantitative estimate of drug-likeness (QED) is 0.397. The average Bonchev–Trinajstić information content (AvgIpc) is 2.29. The zero-order valence-electron chi connectivity index (χ0n) is 5.60. The van der Waals surface area contributed by atoms with Crippen molar-refractivity contribution in [2.75, 3.05) is 0 Å². The molecule has 4 nitrogen and oxygen atoms in total. The number of fused-ring (bicyclic) bond motifs is 1. The fraction of sp³-hybridized carbons (Fsp3) is 0.167. The van der Waals surface area contributed by atoms with Crippen molar-refractivity contribution >= 4 is 10.1 Å². The van der Waals surface area contributed by atoms with Gasteiger partial charge in [-0.1, -0.05) is 0 Å². The van der Waals surface area contributed by atoms with E-state index >= 15 is 0 Å². The maximum atomic E-state index is 11.0. The summed E-state index contributed by atoms with van der Waals surface area (Å²) in [5.41, 5.74) is 0. The van der Waals surface area contributed by atoms with Gasteiger partial charge in [-0.05, 0) is 6.07 Å². The molecule has 0 amide bonds. The standard InChI is InChI=1S/C6H6NO3S/c8-11(9)6-3-1-2-4-7(6)5-10-11/h1-4H,5H2/q+1. The topological polar surface area (TPSA) is 47.3 Å². The van der Waals surface area contributed by atoms with Crippen molar-refractivity contribution in [1.82, 2.24) is 0 Å². The molecular formula is C6H6NO3S+. The molecule has 0 unspecified atom stereocenters. The van der Waals surface area contributed by atoms with Crippen LogP contribution in [0.1, 0.15) is 0 Å². The SMILES string of the molecule is O=S1(=O)OC[n+]2ccccc21. The molecule has 11 heavy (non-hydrogen) atoms. The zero-order chi connectivity index (χ0) is 7.90. The first-order chi connectivity index (χ1) is 5.20. The lowest BCUT2D eigenvalue weighted by molar-refractivity contribution is -0.747. The van der Waals surface area contributed by atoms with Crippen molar-refractivity contribution in [3.8, 4) is 0 Å². The molecule has 0 bridgehead atoms. The minimum absolute atomic E-state index is 0.0957. The van der Waals surface area contributed by atoms with Crippen LogP contribution in [0.2, 0.25) is 0 Å². The van der Waals surface area contributed by atoms with Crippen molar-refractivity contribution in [1.29, 1.82) is 0 Å². The van der Waals surface area contributed by atoms with E-state index in [9.17, 15) is 8.42 Å². The summed E-state index contributed by atoms with van der Waals surface area (Å²) in [5, 5.41) is 0.222. The van der Waals surface area contributed by atoms with Crippen molar-refractivity contribution in [2.45, 2.75) is 11.8 Å². The second kappa shape index (κ2) is 2.02. The first-order valence-corrected chi connectivity index (χ1v) is 4.49. The molecule has 0 aliphatic carbocycles. The van der Waals surface area contributed by atoms with E-state index in [4.69, 9.17) is 0 Å². The predicted molar refractivity (Wildman–Crippen MR) is 34.9 cm³/mol. The fourth-order valence-electron chi connectivity index (χ4n) is 0.981. The Morgan fingerprint density at radius 2 is 2.27 bits per heavy atom. The average molecular weight is 172 g/mol. The largest absolute Gasteiger partial charge is 0.363 e. The van der Waals surface area contributed by atoms with Gasteiger partial charge in [-0.25, -0.2) is 0 Å². The van der Waals surface area contributed by atoms with Crippen LogP contribution in [-0.2, 0) is 21.0 Å². The fourth-order valence-corrected chi connectivity index (χ4v) is 2.00. The Kier molecular flexibility index (Phi) is 1.24. The number of aromatic nitrogens is 1. The molecule has 1 aromatic rings. The highest BCUT2D eigenvalue weighted by Crippen LogP contribution is 2.11. The molecular weight excluding hydrogens is 166 g/mol. The summed E-state index contributed by atoms with van der Waals surface area (Å²) in [6.07, 6.45) is 1.67. The Morgan fingerprint density at radius 1 is 1.45 bits per heavy atom. The molecule has 1 aliphatic rings. The second-order valence-electron chi connectivity index (χ2n) is 2.21. The van der Waals surface area contributed by atoms with Crippen LogP contribution >= 0.6 is 0 Å². The van der Waals surface area contributed by atoms with Gasteiger partial charge in [-0.3, -0.25) is 0 Å². The molecule has 0 aromatic carbocycles. The van der Waals surface area contributed by atoms with Crippen LogP contribution in [-0.4, -0.2) is 8.42 Å². The van der Waals surface area contributed by atoms with E-state index in [1.54, 1.807) is 18.3 Å². The summed E-state index contributed by atoms with van der Waals surface area (Å²) >= 11 is 0. The maximum absolute atomic E-state index is 11.0. The summed E-state index contributed by atoms with van der Waals surface area (Å²) in [4.78, 5) is 0. The van der Waals surface area contributed by atoms with Gasteiger partial charge < -0.3 is 0 Å². The van der Waals surface area contributed by atoms with E-state index in [0.717, 1.165) is 0 Å². The lowest BCUT2D eigenvalue weighted by atomic mass is 10.5. The summed E-state index contributed by atoms with van der Waals surface area (Å²) < 4.78 is 28.1. The van der Waals surface area contributed by atoms with Gasteiger partial charge in [0.05, 0.1) is 0 Å². The third-order valence-electron chi connectivity index (χ3n) is 1.50. The Balaban J connectivity index is 2.75. The van der Waals surface area contributed by atoms with Gasteiger partial charge in [0.1, 0.15) is 0 Å². The predicted octanol–water partition coefficient (Wildman–Crippen LogP) is -0.350. The lowest BCUT2D eigenvalue weighted by Gasteiger charge is -1.83. The van der Waals surface area contributed by atoms with Crippen LogP contribution in [0.5, 0.6) is 0 Å². The molecule has 0 spiro atoms. The maximum Gasteiger partial charge on any atom is 0.363 e. The molecule has 0 N–H and O–H groups in total. The van der Waals surface area contributed by atoms with Crippen LogP contribution in [0, 0.1) is 0 Å². The van der Waals surface area contributed by atoms with Crippen molar-refractivity contribution in [3.05, 3.63) is 24.4 Å². The van der Waals surface area contributed by atoms with E-state index in [-0.39, 0.29) is 11.8 Å². The Bertz CT molecular complexity index is 385. The van der Waals surface area contributed by atoms with Gasteiger partial charge in [0.2, 0.25) is 0 Å². The number of pyridine rings is 1. The van der Waals surface area contributed by atoms with E-state index in [1.165, 1.54) is 10.6 Å². The molecule has 0 atom stereocenters. The smallest absolute Gasteiger partial charge is 0.197 e. The summed E-state index contributed by atoms with van der Waals surface area (Å²) in [6, 6.07) is 4.94. The zero-order valence-corrected chi connectivity index (χ0v) is 6.41. The van der Waals surface area contributed by atoms with Gasteiger partial charge in [-0.2, -0.15) is 17.2 Å². The summed E-state index contributed by atoms with van der Waals surface area (Å²) in [7, 11) is -3.44. The van der Waals surface area contributed by atoms with Crippen LogP contribution < -0.4 is 4.57 Å². The molecule has 2 rings (SSSR count). The number of nitrogens with zero attached hydrogens (tertiary/aromatic N) is 1. The van der Waals surface area contributed by atoms with E-state index in [2.05, 4.69) is 4.18 Å². The Morgan fingerprint density at radius 3 is 3.00 bits per heavy atom. The van der Waals surface area contributed by atoms with Crippen molar-refractivity contribution < 1.29 is 17.2 Å². The molecule has 0 saturated carbocycles. The monoisotopic (exact) mass is 172 g/mol. The summed E-state index contributed by atoms with van der Waals surface area (Å²) in [6.45, 7) is 0.0957. The van der Waals surface area contributed by atoms with Gasteiger partial charge in [0.15, 0.2) is 6.20 Å². The molecule has 5 heteroatoms. The van der Waals surface area contributed by atoms with Crippen molar-refractivity contribution in [3.63, 3.8) is 0 Å². The van der Waals surface area contributed by atoms with E-state index in [0.29, 0.717) is 0 Å². The molecule has 0 radical (unpaired) electrons. The molecule has 58 valence electrons. The highest BCUT2D eigenvalue weighted by Gasteiger charge is 2.34. The molecule has 1 aliphatic heterocycles. The number of rotatable bonds is 0. The van der Waals surface area contributed by atoms with Crippen molar-refractivity contribution in [2.24, 2.45) is 0 Å². The first-order valence-electron chi connectivity index (χ1n) is 3.08. The number of hydrogen-bond donors (Lipinski definition) is 0. The van der Waals surface area contributed by atoms with Crippen LogP contribution in [0.3, 0.4) is 0 Å². The number of hydrogen-bond acceptors (Lipinski definition) is 3. The van der Waals surface area contributed by atoms with Crippen LogP contribution in [0.15, 0.2) is 29.4 Å². The second-order valence-corrected chi connectivity index (χ2v) is 3.77. The highest BCUT2D eigenvalue weighted by molar-refractivity contribution is 7.86. The van der Waals surface area contributed by atoms with E-state index < -0.39 is 10.1 Å². The highest BCUT2D eigenvalue weighted by atomic mass is 32.2. The van der Waals surface area contributed by atoms with E-state index in [1.807, 2.05) is 0 Å². The van der Waals surface area contributed by atoms with Gasteiger partial charge in [0.25, 0.3) is 6.73 Å². The minimum atomic E-state index is -3.44. The normalized spacial score (nSPS) is 19.6. The molecule has 1 aromatic heterocycles. The molecule has 2 heterocycles. The third-order valence-corrected chi connectivity index (χ3v) is 2.80. The minimum Gasteiger partial charge on any atom is -0.197 e. The molecule has 0 saturated heterocycles. The third kappa shape index (κ3) is 0.928. The van der Waals surface area contributed by atoms with Crippen LogP contribution in [0.4, 0.5) is 0 Å².